The summed E-state index contributed by atoms with van der Waals surface area (Å²) in [5.41, 5.74) is 1.06. The maximum atomic E-state index is 12.7. The van der Waals surface area contributed by atoms with Gasteiger partial charge >= 0.3 is 0 Å². The standard InChI is InChI=1S/C21H24O7/c1-23-16-10-8-14(19(26-4)21(16)28-6)15(22)9-7-13-11-17(24-2)20(27-5)18(12-13)25-3/h7-12H,1-6H3/b9-7+. The molecule has 2 rings (SSSR count). The molecule has 0 atom stereocenters. The second-order valence-electron chi connectivity index (χ2n) is 5.54. The minimum atomic E-state index is -0.258. The van der Waals surface area contributed by atoms with Crippen LogP contribution in [-0.4, -0.2) is 48.4 Å². The number of allylic oxidation sites excluding steroid dienone is 1. The fraction of sp³-hybridized carbons (Fsp3) is 0.286. The quantitative estimate of drug-likeness (QED) is 0.480. The molecule has 0 saturated carbocycles. The normalized spacial score (nSPS) is 10.5. The molecular weight excluding hydrogens is 364 g/mol. The van der Waals surface area contributed by atoms with Crippen LogP contribution in [-0.2, 0) is 0 Å². The fourth-order valence-corrected chi connectivity index (χ4v) is 2.75. The van der Waals surface area contributed by atoms with E-state index in [1.807, 2.05) is 0 Å². The first-order valence-corrected chi connectivity index (χ1v) is 8.35. The number of methoxy groups -OCH3 is 6. The number of ketones is 1. The van der Waals surface area contributed by atoms with Crippen LogP contribution in [0.4, 0.5) is 0 Å². The van der Waals surface area contributed by atoms with Crippen molar-refractivity contribution in [1.82, 2.24) is 0 Å². The minimum Gasteiger partial charge on any atom is -0.493 e. The van der Waals surface area contributed by atoms with Crippen LogP contribution in [0.2, 0.25) is 0 Å². The van der Waals surface area contributed by atoms with Crippen LogP contribution >= 0.6 is 0 Å². The van der Waals surface area contributed by atoms with Gasteiger partial charge in [-0.3, -0.25) is 4.79 Å². The third kappa shape index (κ3) is 4.14. The molecule has 2 aromatic rings. The van der Waals surface area contributed by atoms with Gasteiger partial charge in [0.05, 0.1) is 48.2 Å². The Morgan fingerprint density at radius 3 is 1.68 bits per heavy atom. The first-order chi connectivity index (χ1) is 13.5. The van der Waals surface area contributed by atoms with E-state index in [1.165, 1.54) is 48.7 Å². The molecule has 28 heavy (non-hydrogen) atoms. The van der Waals surface area contributed by atoms with Gasteiger partial charge in [-0.05, 0) is 35.9 Å². The predicted octanol–water partition coefficient (Wildman–Crippen LogP) is 3.63. The number of rotatable bonds is 9. The van der Waals surface area contributed by atoms with Gasteiger partial charge < -0.3 is 28.4 Å². The SMILES string of the molecule is COc1cc(/C=C/C(=O)c2ccc(OC)c(OC)c2OC)cc(OC)c1OC. The Morgan fingerprint density at radius 1 is 0.679 bits per heavy atom. The Balaban J connectivity index is 2.41. The lowest BCUT2D eigenvalue weighted by atomic mass is 10.1. The van der Waals surface area contributed by atoms with Crippen LogP contribution in [0.5, 0.6) is 34.5 Å². The average molecular weight is 388 g/mol. The maximum Gasteiger partial charge on any atom is 0.204 e. The molecule has 0 saturated heterocycles. The van der Waals surface area contributed by atoms with Gasteiger partial charge in [0.15, 0.2) is 28.8 Å². The van der Waals surface area contributed by atoms with Crippen molar-refractivity contribution in [2.24, 2.45) is 0 Å². The summed E-state index contributed by atoms with van der Waals surface area (Å²) in [7, 11) is 9.07. The minimum absolute atomic E-state index is 0.258. The molecule has 2 aromatic carbocycles. The Morgan fingerprint density at radius 2 is 1.21 bits per heavy atom. The van der Waals surface area contributed by atoms with Gasteiger partial charge in [-0.2, -0.15) is 0 Å². The Labute approximate surface area is 164 Å². The van der Waals surface area contributed by atoms with Crippen molar-refractivity contribution in [2.45, 2.75) is 0 Å². The van der Waals surface area contributed by atoms with Crippen LogP contribution in [0.3, 0.4) is 0 Å². The molecule has 0 radical (unpaired) electrons. The van der Waals surface area contributed by atoms with E-state index in [1.54, 1.807) is 30.3 Å². The lowest BCUT2D eigenvalue weighted by molar-refractivity contribution is 0.104. The van der Waals surface area contributed by atoms with E-state index in [0.717, 1.165) is 0 Å². The molecule has 7 nitrogen and oxygen atoms in total. The molecule has 0 amide bonds. The second-order valence-corrected chi connectivity index (χ2v) is 5.54. The summed E-state index contributed by atoms with van der Waals surface area (Å²) < 4.78 is 31.9. The third-order valence-electron chi connectivity index (χ3n) is 4.08. The van der Waals surface area contributed by atoms with Gasteiger partial charge in [-0.1, -0.05) is 6.08 Å². The number of hydrogen-bond donors (Lipinski definition) is 0. The van der Waals surface area contributed by atoms with Gasteiger partial charge in [-0.25, -0.2) is 0 Å². The Kier molecular flexibility index (Phi) is 7.14. The molecule has 0 unspecified atom stereocenters. The summed E-state index contributed by atoms with van der Waals surface area (Å²) in [4.78, 5) is 12.7. The first kappa shape index (κ1) is 21.0. The second kappa shape index (κ2) is 9.55. The lowest BCUT2D eigenvalue weighted by Crippen LogP contribution is -2.03. The van der Waals surface area contributed by atoms with E-state index in [4.69, 9.17) is 28.4 Å². The number of carbonyl (C=O) groups excluding carboxylic acids is 1. The van der Waals surface area contributed by atoms with Gasteiger partial charge in [0.1, 0.15) is 0 Å². The summed E-state index contributed by atoms with van der Waals surface area (Å²) >= 11 is 0. The van der Waals surface area contributed by atoms with E-state index >= 15 is 0 Å². The summed E-state index contributed by atoms with van der Waals surface area (Å²) in [5.74, 6) is 2.36. The van der Waals surface area contributed by atoms with E-state index < -0.39 is 0 Å². The smallest absolute Gasteiger partial charge is 0.204 e. The zero-order valence-corrected chi connectivity index (χ0v) is 16.8. The average Bonchev–Trinajstić information content (AvgIpc) is 2.74. The highest BCUT2D eigenvalue weighted by Crippen LogP contribution is 2.40. The largest absolute Gasteiger partial charge is 0.493 e. The van der Waals surface area contributed by atoms with Crippen molar-refractivity contribution in [1.29, 1.82) is 0 Å². The molecule has 0 fully saturated rings. The van der Waals surface area contributed by atoms with Gasteiger partial charge in [0.25, 0.3) is 0 Å². The Hall–Kier alpha value is -3.35. The molecule has 0 aliphatic carbocycles. The molecule has 150 valence electrons. The molecule has 0 aromatic heterocycles. The van der Waals surface area contributed by atoms with Crippen LogP contribution in [0.15, 0.2) is 30.3 Å². The zero-order chi connectivity index (χ0) is 20.7. The van der Waals surface area contributed by atoms with Crippen LogP contribution in [0.1, 0.15) is 15.9 Å². The number of hydrogen-bond acceptors (Lipinski definition) is 7. The summed E-state index contributed by atoms with van der Waals surface area (Å²) in [6.45, 7) is 0. The van der Waals surface area contributed by atoms with Crippen molar-refractivity contribution in [3.8, 4) is 34.5 Å². The highest BCUT2D eigenvalue weighted by atomic mass is 16.5. The maximum absolute atomic E-state index is 12.7. The summed E-state index contributed by atoms with van der Waals surface area (Å²) in [5, 5.41) is 0. The van der Waals surface area contributed by atoms with E-state index in [9.17, 15) is 4.79 Å². The Bertz CT molecular complexity index is 846. The molecule has 0 heterocycles. The molecule has 7 heteroatoms. The summed E-state index contributed by atoms with van der Waals surface area (Å²) in [6.07, 6.45) is 3.09. The first-order valence-electron chi connectivity index (χ1n) is 8.35. The van der Waals surface area contributed by atoms with E-state index in [2.05, 4.69) is 0 Å². The van der Waals surface area contributed by atoms with Crippen molar-refractivity contribution in [3.63, 3.8) is 0 Å². The van der Waals surface area contributed by atoms with Gasteiger partial charge in [0.2, 0.25) is 11.5 Å². The van der Waals surface area contributed by atoms with Crippen molar-refractivity contribution in [3.05, 3.63) is 41.5 Å². The predicted molar refractivity (Wildman–Crippen MR) is 106 cm³/mol. The molecule has 0 N–H and O–H groups in total. The number of benzene rings is 2. The third-order valence-corrected chi connectivity index (χ3v) is 4.08. The van der Waals surface area contributed by atoms with Crippen molar-refractivity contribution < 1.29 is 33.2 Å². The monoisotopic (exact) mass is 388 g/mol. The van der Waals surface area contributed by atoms with Gasteiger partial charge in [-0.15, -0.1) is 0 Å². The molecule has 0 aliphatic heterocycles. The lowest BCUT2D eigenvalue weighted by Gasteiger charge is -2.14. The summed E-state index contributed by atoms with van der Waals surface area (Å²) in [6, 6.07) is 6.78. The van der Waals surface area contributed by atoms with Crippen molar-refractivity contribution >= 4 is 11.9 Å². The fourth-order valence-electron chi connectivity index (χ4n) is 2.75. The highest BCUT2D eigenvalue weighted by Gasteiger charge is 2.19. The van der Waals surface area contributed by atoms with Crippen LogP contribution in [0.25, 0.3) is 6.08 Å². The molecule has 0 aliphatic rings. The topological polar surface area (TPSA) is 72.5 Å². The van der Waals surface area contributed by atoms with Crippen molar-refractivity contribution in [2.75, 3.05) is 42.7 Å². The highest BCUT2D eigenvalue weighted by molar-refractivity contribution is 6.09. The van der Waals surface area contributed by atoms with E-state index in [-0.39, 0.29) is 5.78 Å². The zero-order valence-electron chi connectivity index (χ0n) is 16.8. The van der Waals surface area contributed by atoms with Crippen LogP contribution < -0.4 is 28.4 Å². The number of ether oxygens (including phenoxy) is 6. The van der Waals surface area contributed by atoms with Gasteiger partial charge in [0, 0.05) is 0 Å². The molecule has 0 bridgehead atoms. The number of carbonyl (C=O) groups is 1. The van der Waals surface area contributed by atoms with E-state index in [0.29, 0.717) is 45.6 Å². The molecule has 0 spiro atoms. The molecular formula is C21H24O7. The van der Waals surface area contributed by atoms with Crippen LogP contribution in [0, 0.1) is 0 Å².